The summed E-state index contributed by atoms with van der Waals surface area (Å²) in [7, 11) is 0. The molecule has 11 heteroatoms. The summed E-state index contributed by atoms with van der Waals surface area (Å²) in [5, 5.41) is 18.0. The van der Waals surface area contributed by atoms with Crippen LogP contribution >= 0.6 is 0 Å². The number of aromatic nitrogens is 2. The number of hydrogen-bond acceptors (Lipinski definition) is 7. The summed E-state index contributed by atoms with van der Waals surface area (Å²) in [4.78, 5) is 45.9. The van der Waals surface area contributed by atoms with E-state index in [9.17, 15) is 19.6 Å². The topological polar surface area (TPSA) is 130 Å². The van der Waals surface area contributed by atoms with Gasteiger partial charge in [0.1, 0.15) is 23.7 Å². The van der Waals surface area contributed by atoms with Crippen molar-refractivity contribution in [1.82, 2.24) is 20.0 Å². The SMILES string of the molecule is CCN1C(=O)[C@@H](NC(=O)c2ccc3c(c2)CCO3)[C@@H](C2CC2)c2c(C(=O)N3[C@H](C#N)C[C@H]4C[C@H]43)nn(C3CCOCC3)c21. The Hall–Kier alpha value is -3.91. The van der Waals surface area contributed by atoms with Crippen LogP contribution in [0.2, 0.25) is 0 Å². The Morgan fingerprint density at radius 3 is 2.67 bits per heavy atom. The summed E-state index contributed by atoms with van der Waals surface area (Å²) in [6.07, 6.45) is 5.66. The Labute approximate surface area is 250 Å². The highest BCUT2D eigenvalue weighted by atomic mass is 16.5. The molecule has 0 unspecified atom stereocenters. The fourth-order valence-corrected chi connectivity index (χ4v) is 7.91. The summed E-state index contributed by atoms with van der Waals surface area (Å²) in [5.41, 5.74) is 2.57. The van der Waals surface area contributed by atoms with Gasteiger partial charge in [-0.25, -0.2) is 4.68 Å². The zero-order valence-electron chi connectivity index (χ0n) is 24.3. The molecule has 5 atom stereocenters. The third kappa shape index (κ3) is 4.25. The van der Waals surface area contributed by atoms with Gasteiger partial charge in [0.2, 0.25) is 0 Å². The van der Waals surface area contributed by atoms with E-state index in [2.05, 4.69) is 11.4 Å². The largest absolute Gasteiger partial charge is 0.493 e. The molecule has 1 aromatic heterocycles. The first-order chi connectivity index (χ1) is 21.0. The lowest BCUT2D eigenvalue weighted by Gasteiger charge is -2.39. The second-order valence-electron chi connectivity index (χ2n) is 12.8. The molecule has 0 radical (unpaired) electrons. The molecule has 5 heterocycles. The van der Waals surface area contributed by atoms with E-state index in [1.54, 1.807) is 15.9 Å². The fourth-order valence-electron chi connectivity index (χ4n) is 7.91. The van der Waals surface area contributed by atoms with Gasteiger partial charge in [-0.3, -0.25) is 19.3 Å². The van der Waals surface area contributed by atoms with Gasteiger partial charge in [-0.2, -0.15) is 10.4 Å². The highest BCUT2D eigenvalue weighted by Crippen LogP contribution is 2.53. The maximum Gasteiger partial charge on any atom is 0.276 e. The third-order valence-corrected chi connectivity index (χ3v) is 10.3. The number of nitrogens with zero attached hydrogens (tertiary/aromatic N) is 5. The quantitative estimate of drug-likeness (QED) is 0.553. The first-order valence-electron chi connectivity index (χ1n) is 15.8. The number of anilines is 1. The van der Waals surface area contributed by atoms with E-state index in [0.717, 1.165) is 55.4 Å². The van der Waals surface area contributed by atoms with Gasteiger partial charge in [0.15, 0.2) is 5.69 Å². The first kappa shape index (κ1) is 26.7. The van der Waals surface area contributed by atoms with Crippen LogP contribution in [0.1, 0.15) is 89.4 Å². The van der Waals surface area contributed by atoms with Crippen LogP contribution in [0.15, 0.2) is 18.2 Å². The predicted octanol–water partition coefficient (Wildman–Crippen LogP) is 2.95. The number of ether oxygens (including phenoxy) is 2. The number of piperidine rings is 1. The minimum absolute atomic E-state index is 0.00968. The van der Waals surface area contributed by atoms with E-state index in [0.29, 0.717) is 55.8 Å². The number of nitriles is 1. The van der Waals surface area contributed by atoms with Crippen LogP contribution < -0.4 is 15.0 Å². The molecule has 0 spiro atoms. The van der Waals surface area contributed by atoms with Gasteiger partial charge in [-0.1, -0.05) is 0 Å². The molecule has 11 nitrogen and oxygen atoms in total. The number of rotatable bonds is 6. The summed E-state index contributed by atoms with van der Waals surface area (Å²) in [6, 6.07) is 6.52. The number of fused-ring (bicyclic) bond motifs is 3. The molecule has 2 saturated carbocycles. The summed E-state index contributed by atoms with van der Waals surface area (Å²) >= 11 is 0. The maximum atomic E-state index is 14.4. The highest BCUT2D eigenvalue weighted by Gasteiger charge is 2.57. The van der Waals surface area contributed by atoms with Crippen LogP contribution in [0, 0.1) is 23.2 Å². The van der Waals surface area contributed by atoms with Gasteiger partial charge >= 0.3 is 0 Å². The minimum atomic E-state index is -0.824. The summed E-state index contributed by atoms with van der Waals surface area (Å²) in [6.45, 7) is 4.07. The number of carbonyl (C=O) groups is 3. The molecular weight excluding hydrogens is 548 g/mol. The number of nitrogens with one attached hydrogen (secondary N) is 1. The molecule has 2 saturated heterocycles. The Bertz CT molecular complexity index is 1550. The van der Waals surface area contributed by atoms with Crippen molar-refractivity contribution >= 4 is 23.5 Å². The average Bonchev–Trinajstić information content (AvgIpc) is 3.88. The Balaban J connectivity index is 1.23. The van der Waals surface area contributed by atoms with Crippen LogP contribution in [0.3, 0.4) is 0 Å². The molecule has 4 aliphatic heterocycles. The van der Waals surface area contributed by atoms with Crippen molar-refractivity contribution in [1.29, 1.82) is 5.26 Å². The van der Waals surface area contributed by atoms with Crippen molar-refractivity contribution < 1.29 is 23.9 Å². The van der Waals surface area contributed by atoms with Crippen molar-refractivity contribution in [2.75, 3.05) is 31.3 Å². The van der Waals surface area contributed by atoms with Crippen LogP contribution in [0.4, 0.5) is 5.82 Å². The first-order valence-corrected chi connectivity index (χ1v) is 15.8. The van der Waals surface area contributed by atoms with Gasteiger partial charge in [0.05, 0.1) is 18.7 Å². The zero-order valence-corrected chi connectivity index (χ0v) is 24.3. The Morgan fingerprint density at radius 1 is 1.12 bits per heavy atom. The van der Waals surface area contributed by atoms with Gasteiger partial charge in [-0.05, 0) is 81.0 Å². The molecule has 43 heavy (non-hydrogen) atoms. The Kier molecular flexibility index (Phi) is 6.26. The molecule has 3 amide bonds. The molecule has 1 N–H and O–H groups in total. The highest BCUT2D eigenvalue weighted by molar-refractivity contribution is 6.07. The van der Waals surface area contributed by atoms with E-state index >= 15 is 0 Å². The van der Waals surface area contributed by atoms with Gasteiger partial charge in [-0.15, -0.1) is 0 Å². The number of amides is 3. The van der Waals surface area contributed by atoms with Crippen LogP contribution in [-0.2, 0) is 16.0 Å². The number of likely N-dealkylation sites (tertiary alicyclic amines) is 1. The van der Waals surface area contributed by atoms with E-state index in [4.69, 9.17) is 14.6 Å². The monoisotopic (exact) mass is 584 g/mol. The molecule has 4 fully saturated rings. The third-order valence-electron chi connectivity index (χ3n) is 10.3. The molecule has 224 valence electrons. The van der Waals surface area contributed by atoms with E-state index < -0.39 is 12.1 Å². The number of hydrogen-bond donors (Lipinski definition) is 1. The lowest BCUT2D eigenvalue weighted by Crippen LogP contribution is -2.56. The minimum Gasteiger partial charge on any atom is -0.493 e. The van der Waals surface area contributed by atoms with E-state index in [1.807, 2.05) is 23.7 Å². The second-order valence-corrected chi connectivity index (χ2v) is 12.8. The molecular formula is C32H36N6O5. The molecule has 2 aliphatic carbocycles. The van der Waals surface area contributed by atoms with Crippen molar-refractivity contribution in [3.63, 3.8) is 0 Å². The molecule has 1 aromatic carbocycles. The molecule has 0 bridgehead atoms. The van der Waals surface area contributed by atoms with E-state index in [-0.39, 0.29) is 41.6 Å². The van der Waals surface area contributed by atoms with Crippen molar-refractivity contribution in [2.24, 2.45) is 11.8 Å². The standard InChI is InChI=1S/C32H36N6O5/c1-2-36-30-26(25(17-3-4-17)27(31(36)40)34-29(39)19-5-6-24-18(13-19)7-12-43-24)28(35-38(30)21-8-10-42-11-9-21)32(41)37-22(16-33)14-20-15-23(20)37/h5-6,13,17,20-23,25,27H,2-4,7-12,14-15H2,1H3,(H,34,39)/t20-,22-,23+,25-,27-/m0/s1. The van der Waals surface area contributed by atoms with Crippen molar-refractivity contribution in [2.45, 2.75) is 82.0 Å². The zero-order chi connectivity index (χ0) is 29.4. The fraction of sp³-hybridized carbons (Fsp3) is 0.594. The lowest BCUT2D eigenvalue weighted by atomic mass is 9.82. The molecule has 8 rings (SSSR count). The number of carbonyl (C=O) groups excluding carboxylic acids is 3. The summed E-state index contributed by atoms with van der Waals surface area (Å²) < 4.78 is 13.2. The second kappa shape index (κ2) is 10.1. The Morgan fingerprint density at radius 2 is 1.93 bits per heavy atom. The number of benzene rings is 1. The average molecular weight is 585 g/mol. The van der Waals surface area contributed by atoms with Crippen LogP contribution in [0.25, 0.3) is 0 Å². The summed E-state index contributed by atoms with van der Waals surface area (Å²) in [5.74, 6) is 0.916. The van der Waals surface area contributed by atoms with Crippen molar-refractivity contribution in [3.05, 3.63) is 40.6 Å². The number of likely N-dealkylation sites (N-methyl/N-ethyl adjacent to an activating group) is 1. The van der Waals surface area contributed by atoms with Crippen LogP contribution in [0.5, 0.6) is 5.75 Å². The van der Waals surface area contributed by atoms with Gasteiger partial charge < -0.3 is 19.7 Å². The smallest absolute Gasteiger partial charge is 0.276 e. The molecule has 6 aliphatic rings. The predicted molar refractivity (Wildman–Crippen MR) is 154 cm³/mol. The van der Waals surface area contributed by atoms with Gasteiger partial charge in [0.25, 0.3) is 17.7 Å². The van der Waals surface area contributed by atoms with Gasteiger partial charge in [0, 0.05) is 49.3 Å². The maximum absolute atomic E-state index is 14.4. The van der Waals surface area contributed by atoms with Crippen molar-refractivity contribution in [3.8, 4) is 11.8 Å². The normalized spacial score (nSPS) is 29.4. The van der Waals surface area contributed by atoms with Crippen LogP contribution in [-0.4, -0.2) is 76.9 Å². The van der Waals surface area contributed by atoms with E-state index in [1.165, 1.54) is 0 Å². The molecule has 2 aromatic rings. The lowest BCUT2D eigenvalue weighted by molar-refractivity contribution is -0.121.